The lowest BCUT2D eigenvalue weighted by atomic mass is 10.2. The van der Waals surface area contributed by atoms with Crippen LogP contribution in [-0.4, -0.2) is 57.1 Å². The molecule has 8 nitrogen and oxygen atoms in total. The maximum Gasteiger partial charge on any atom is 0.358 e. The van der Waals surface area contributed by atoms with E-state index in [1.165, 1.54) is 36.4 Å². The van der Waals surface area contributed by atoms with Crippen molar-refractivity contribution in [2.75, 3.05) is 20.3 Å². The van der Waals surface area contributed by atoms with E-state index in [0.717, 1.165) is 4.68 Å². The molecule has 0 aliphatic rings. The van der Waals surface area contributed by atoms with Crippen molar-refractivity contribution in [2.45, 2.75) is 13.1 Å². The minimum atomic E-state index is -1.23. The molecular formula is C15H16ClFN4O4. The van der Waals surface area contributed by atoms with E-state index in [2.05, 4.69) is 10.3 Å². The molecular weight excluding hydrogens is 355 g/mol. The minimum absolute atomic E-state index is 0.155. The smallest absolute Gasteiger partial charge is 0.358 e. The van der Waals surface area contributed by atoms with Gasteiger partial charge in [-0.05, 0) is 17.7 Å². The van der Waals surface area contributed by atoms with Crippen molar-refractivity contribution in [3.05, 3.63) is 46.5 Å². The summed E-state index contributed by atoms with van der Waals surface area (Å²) < 4.78 is 19.3. The zero-order valence-corrected chi connectivity index (χ0v) is 14.1. The summed E-state index contributed by atoms with van der Waals surface area (Å²) in [7, 11) is 1.50. The molecule has 1 aromatic carbocycles. The summed E-state index contributed by atoms with van der Waals surface area (Å²) >= 11 is 6.01. The van der Waals surface area contributed by atoms with E-state index < -0.39 is 11.8 Å². The molecule has 134 valence electrons. The van der Waals surface area contributed by atoms with Crippen LogP contribution in [0.5, 0.6) is 0 Å². The van der Waals surface area contributed by atoms with Gasteiger partial charge in [-0.15, -0.1) is 5.10 Å². The van der Waals surface area contributed by atoms with Crippen LogP contribution in [-0.2, 0) is 22.6 Å². The molecule has 0 atom stereocenters. The molecule has 0 radical (unpaired) electrons. The molecule has 0 fully saturated rings. The fourth-order valence-corrected chi connectivity index (χ4v) is 2.29. The number of amides is 1. The first-order chi connectivity index (χ1) is 11.9. The van der Waals surface area contributed by atoms with Gasteiger partial charge in [0.2, 0.25) is 5.91 Å². The summed E-state index contributed by atoms with van der Waals surface area (Å²) in [5.74, 6) is -2.03. The van der Waals surface area contributed by atoms with Crippen LogP contribution < -0.4 is 0 Å². The van der Waals surface area contributed by atoms with Crippen LogP contribution in [0.25, 0.3) is 0 Å². The molecule has 0 saturated carbocycles. The van der Waals surface area contributed by atoms with Crippen molar-refractivity contribution in [3.63, 3.8) is 0 Å². The highest BCUT2D eigenvalue weighted by atomic mass is 35.5. The van der Waals surface area contributed by atoms with Gasteiger partial charge in [0.05, 0.1) is 12.8 Å². The van der Waals surface area contributed by atoms with E-state index >= 15 is 0 Å². The number of rotatable bonds is 8. The fourth-order valence-electron chi connectivity index (χ4n) is 2.06. The van der Waals surface area contributed by atoms with Crippen molar-refractivity contribution in [2.24, 2.45) is 0 Å². The second kappa shape index (κ2) is 8.54. The molecule has 0 saturated heterocycles. The Morgan fingerprint density at radius 3 is 2.80 bits per heavy atom. The summed E-state index contributed by atoms with van der Waals surface area (Å²) in [6, 6.07) is 3.94. The van der Waals surface area contributed by atoms with Crippen molar-refractivity contribution in [1.82, 2.24) is 19.9 Å². The third-order valence-electron chi connectivity index (χ3n) is 3.35. The molecule has 0 unspecified atom stereocenters. The Bertz CT molecular complexity index is 768. The Morgan fingerprint density at radius 1 is 1.44 bits per heavy atom. The predicted molar refractivity (Wildman–Crippen MR) is 85.7 cm³/mol. The van der Waals surface area contributed by atoms with Gasteiger partial charge in [0.1, 0.15) is 12.4 Å². The highest BCUT2D eigenvalue weighted by Gasteiger charge is 2.18. The molecule has 0 aliphatic carbocycles. The summed E-state index contributed by atoms with van der Waals surface area (Å²) in [5.41, 5.74) is 0.329. The number of hydrogen-bond donors (Lipinski definition) is 1. The first-order valence-electron chi connectivity index (χ1n) is 7.24. The number of carbonyl (C=O) groups is 2. The van der Waals surface area contributed by atoms with Gasteiger partial charge in [-0.3, -0.25) is 4.79 Å². The summed E-state index contributed by atoms with van der Waals surface area (Å²) in [6.45, 7) is 0.538. The van der Waals surface area contributed by atoms with E-state index in [1.54, 1.807) is 0 Å². The van der Waals surface area contributed by atoms with Crippen molar-refractivity contribution >= 4 is 23.5 Å². The van der Waals surface area contributed by atoms with Crippen LogP contribution in [0.1, 0.15) is 16.1 Å². The van der Waals surface area contributed by atoms with Crippen LogP contribution in [0.3, 0.4) is 0 Å². The predicted octanol–water partition coefficient (Wildman–Crippen LogP) is 1.44. The highest BCUT2D eigenvalue weighted by Crippen LogP contribution is 2.19. The average molecular weight is 371 g/mol. The van der Waals surface area contributed by atoms with Crippen LogP contribution in [0.15, 0.2) is 24.4 Å². The zero-order valence-electron chi connectivity index (χ0n) is 13.4. The molecule has 10 heteroatoms. The summed E-state index contributed by atoms with van der Waals surface area (Å²) in [4.78, 5) is 24.8. The maximum atomic E-state index is 13.1. The zero-order chi connectivity index (χ0) is 18.4. The Kier molecular flexibility index (Phi) is 6.43. The number of aromatic carboxylic acids is 1. The van der Waals surface area contributed by atoms with Gasteiger partial charge >= 0.3 is 5.97 Å². The van der Waals surface area contributed by atoms with Crippen LogP contribution in [0.2, 0.25) is 5.02 Å². The number of nitrogens with zero attached hydrogens (tertiary/aromatic N) is 4. The van der Waals surface area contributed by atoms with Gasteiger partial charge in [-0.1, -0.05) is 22.9 Å². The van der Waals surface area contributed by atoms with Gasteiger partial charge in [-0.25, -0.2) is 13.9 Å². The van der Waals surface area contributed by atoms with Gasteiger partial charge in [0.25, 0.3) is 0 Å². The lowest BCUT2D eigenvalue weighted by Gasteiger charge is -2.23. The summed E-state index contributed by atoms with van der Waals surface area (Å²) in [6.07, 6.45) is 1.17. The Morgan fingerprint density at radius 2 is 2.20 bits per heavy atom. The van der Waals surface area contributed by atoms with E-state index in [0.29, 0.717) is 12.2 Å². The van der Waals surface area contributed by atoms with Crippen LogP contribution in [0, 0.1) is 5.82 Å². The average Bonchev–Trinajstić information content (AvgIpc) is 3.02. The number of benzene rings is 1. The molecule has 1 aromatic heterocycles. The molecule has 0 spiro atoms. The highest BCUT2D eigenvalue weighted by molar-refractivity contribution is 6.31. The number of carboxylic acid groups (broad SMARTS) is 1. The standard InChI is InChI=1S/C15H16ClFN4O4/c1-25-5-4-20(7-10-2-3-11(17)6-12(10)16)14(22)9-21-8-13(15(23)24)18-19-21/h2-3,6,8H,4-5,7,9H2,1H3,(H,23,24). The van der Waals surface area contributed by atoms with E-state index in [-0.39, 0.29) is 36.3 Å². The molecule has 25 heavy (non-hydrogen) atoms. The molecule has 0 aliphatic heterocycles. The number of methoxy groups -OCH3 is 1. The van der Waals surface area contributed by atoms with Gasteiger partial charge in [0, 0.05) is 25.2 Å². The normalized spacial score (nSPS) is 10.7. The van der Waals surface area contributed by atoms with Gasteiger partial charge < -0.3 is 14.7 Å². The molecule has 2 rings (SSSR count). The van der Waals surface area contributed by atoms with E-state index in [1.807, 2.05) is 0 Å². The number of carboxylic acids is 1. The van der Waals surface area contributed by atoms with Gasteiger partial charge in [-0.2, -0.15) is 0 Å². The number of aromatic nitrogens is 3. The summed E-state index contributed by atoms with van der Waals surface area (Å²) in [5, 5.41) is 16.1. The monoisotopic (exact) mass is 370 g/mol. The number of hydrogen-bond acceptors (Lipinski definition) is 5. The minimum Gasteiger partial charge on any atom is -0.476 e. The number of ether oxygens (including phenoxy) is 1. The maximum absolute atomic E-state index is 13.1. The molecule has 1 heterocycles. The second-order valence-electron chi connectivity index (χ2n) is 5.15. The van der Waals surface area contributed by atoms with Crippen LogP contribution >= 0.6 is 11.6 Å². The van der Waals surface area contributed by atoms with E-state index in [9.17, 15) is 14.0 Å². The molecule has 1 N–H and O–H groups in total. The molecule has 0 bridgehead atoms. The number of carbonyl (C=O) groups excluding carboxylic acids is 1. The lowest BCUT2D eigenvalue weighted by molar-refractivity contribution is -0.133. The third kappa shape index (κ3) is 5.23. The first kappa shape index (κ1) is 18.8. The Hall–Kier alpha value is -2.52. The van der Waals surface area contributed by atoms with Crippen molar-refractivity contribution in [1.29, 1.82) is 0 Å². The van der Waals surface area contributed by atoms with Crippen LogP contribution in [0.4, 0.5) is 4.39 Å². The molecule has 2 aromatic rings. The molecule has 1 amide bonds. The fraction of sp³-hybridized carbons (Fsp3) is 0.333. The number of halogens is 2. The lowest BCUT2D eigenvalue weighted by Crippen LogP contribution is -2.36. The quantitative estimate of drug-likeness (QED) is 0.755. The van der Waals surface area contributed by atoms with Gasteiger partial charge in [0.15, 0.2) is 5.69 Å². The second-order valence-corrected chi connectivity index (χ2v) is 5.56. The first-order valence-corrected chi connectivity index (χ1v) is 7.62. The van der Waals surface area contributed by atoms with E-state index in [4.69, 9.17) is 21.4 Å². The largest absolute Gasteiger partial charge is 0.476 e. The van der Waals surface area contributed by atoms with Crippen molar-refractivity contribution < 1.29 is 23.8 Å². The van der Waals surface area contributed by atoms with Crippen molar-refractivity contribution in [3.8, 4) is 0 Å². The topological polar surface area (TPSA) is 97.5 Å². The SMILES string of the molecule is COCCN(Cc1ccc(F)cc1Cl)C(=O)Cn1cc(C(=O)O)nn1. The third-order valence-corrected chi connectivity index (χ3v) is 3.70. The Labute approximate surface area is 147 Å². The Balaban J connectivity index is 2.11.